The smallest absolute Gasteiger partial charge is 0.339 e. The molecule has 3 N–H and O–H groups in total. The van der Waals surface area contributed by atoms with Crippen LogP contribution in [-0.2, 0) is 0 Å². The second-order valence-electron chi connectivity index (χ2n) is 3.85. The number of carboxylic acids is 1. The maximum atomic E-state index is 11.0. The molecule has 0 spiro atoms. The predicted octanol–water partition coefficient (Wildman–Crippen LogP) is 2.55. The molecule has 0 bridgehead atoms. The Labute approximate surface area is 98.0 Å². The average molecular weight is 242 g/mol. The molecule has 0 aliphatic heterocycles. The first-order chi connectivity index (χ1) is 7.58. The highest BCUT2D eigenvalue weighted by atomic mass is 35.5. The van der Waals surface area contributed by atoms with E-state index in [-0.39, 0.29) is 23.1 Å². The third-order valence-corrected chi connectivity index (χ3v) is 2.87. The van der Waals surface area contributed by atoms with Gasteiger partial charge < -0.3 is 15.6 Å². The van der Waals surface area contributed by atoms with Gasteiger partial charge in [-0.2, -0.15) is 0 Å². The van der Waals surface area contributed by atoms with Gasteiger partial charge in [0.25, 0.3) is 0 Å². The SMILES string of the molecule is Nc1cc(Cl)cc(C(=O)O)c1OC1CCC1. The van der Waals surface area contributed by atoms with Gasteiger partial charge in [0.2, 0.25) is 0 Å². The molecule has 0 atom stereocenters. The molecule has 0 heterocycles. The van der Waals surface area contributed by atoms with Crippen LogP contribution in [0, 0.1) is 0 Å². The van der Waals surface area contributed by atoms with Crippen LogP contribution in [0.15, 0.2) is 12.1 Å². The lowest BCUT2D eigenvalue weighted by Crippen LogP contribution is -2.26. The summed E-state index contributed by atoms with van der Waals surface area (Å²) in [6.07, 6.45) is 3.09. The van der Waals surface area contributed by atoms with Gasteiger partial charge in [-0.3, -0.25) is 0 Å². The molecule has 0 saturated heterocycles. The van der Waals surface area contributed by atoms with Crippen LogP contribution >= 0.6 is 11.6 Å². The van der Waals surface area contributed by atoms with Crippen LogP contribution in [0.4, 0.5) is 5.69 Å². The van der Waals surface area contributed by atoms with Crippen LogP contribution < -0.4 is 10.5 Å². The van der Waals surface area contributed by atoms with Crippen LogP contribution in [-0.4, -0.2) is 17.2 Å². The summed E-state index contributed by atoms with van der Waals surface area (Å²) in [4.78, 5) is 11.0. The van der Waals surface area contributed by atoms with Crippen LogP contribution in [0.2, 0.25) is 5.02 Å². The number of halogens is 1. The fourth-order valence-corrected chi connectivity index (χ4v) is 1.79. The zero-order valence-corrected chi connectivity index (χ0v) is 9.33. The van der Waals surface area contributed by atoms with Gasteiger partial charge in [0.15, 0.2) is 5.75 Å². The Morgan fingerprint density at radius 1 is 1.50 bits per heavy atom. The summed E-state index contributed by atoms with van der Waals surface area (Å²) < 4.78 is 5.56. The molecule has 4 nitrogen and oxygen atoms in total. The highest BCUT2D eigenvalue weighted by molar-refractivity contribution is 6.31. The normalized spacial score (nSPS) is 15.6. The average Bonchev–Trinajstić information content (AvgIpc) is 2.12. The summed E-state index contributed by atoms with van der Waals surface area (Å²) in [5, 5.41) is 9.33. The summed E-state index contributed by atoms with van der Waals surface area (Å²) in [6, 6.07) is 2.86. The van der Waals surface area contributed by atoms with Crippen molar-refractivity contribution < 1.29 is 14.6 Å². The molecule has 0 amide bonds. The number of nitrogens with two attached hydrogens (primary N) is 1. The predicted molar refractivity (Wildman–Crippen MR) is 61.1 cm³/mol. The number of benzene rings is 1. The third kappa shape index (κ3) is 2.07. The molecule has 0 unspecified atom stereocenters. The summed E-state index contributed by atoms with van der Waals surface area (Å²) in [7, 11) is 0. The van der Waals surface area contributed by atoms with Gasteiger partial charge in [-0.1, -0.05) is 11.6 Å². The Morgan fingerprint density at radius 3 is 2.69 bits per heavy atom. The standard InChI is InChI=1S/C11H12ClNO3/c12-6-4-8(11(14)15)10(9(13)5-6)16-7-2-1-3-7/h4-5,7H,1-3,13H2,(H,14,15). The van der Waals surface area contributed by atoms with Crippen molar-refractivity contribution in [2.75, 3.05) is 5.73 Å². The first-order valence-electron chi connectivity index (χ1n) is 5.07. The van der Waals surface area contributed by atoms with Crippen molar-refractivity contribution in [1.29, 1.82) is 0 Å². The molecule has 0 aromatic heterocycles. The van der Waals surface area contributed by atoms with Crippen LogP contribution in [0.1, 0.15) is 29.6 Å². The molecule has 16 heavy (non-hydrogen) atoms. The van der Waals surface area contributed by atoms with E-state index in [0.29, 0.717) is 5.02 Å². The summed E-state index contributed by atoms with van der Waals surface area (Å²) >= 11 is 5.75. The molecule has 1 aromatic carbocycles. The molecular weight excluding hydrogens is 230 g/mol. The van der Waals surface area contributed by atoms with Crippen molar-refractivity contribution in [2.24, 2.45) is 0 Å². The van der Waals surface area contributed by atoms with E-state index in [4.69, 9.17) is 27.2 Å². The lowest BCUT2D eigenvalue weighted by molar-refractivity contribution is 0.0680. The second kappa shape index (κ2) is 4.22. The van der Waals surface area contributed by atoms with Gasteiger partial charge >= 0.3 is 5.97 Å². The second-order valence-corrected chi connectivity index (χ2v) is 4.28. The number of carbonyl (C=O) groups is 1. The van der Waals surface area contributed by atoms with E-state index in [9.17, 15) is 4.79 Å². The summed E-state index contributed by atoms with van der Waals surface area (Å²) in [5.74, 6) is -0.842. The quantitative estimate of drug-likeness (QED) is 0.798. The Balaban J connectivity index is 2.35. The van der Waals surface area contributed by atoms with E-state index < -0.39 is 5.97 Å². The Bertz CT molecular complexity index is 429. The van der Waals surface area contributed by atoms with E-state index in [2.05, 4.69) is 0 Å². The van der Waals surface area contributed by atoms with E-state index in [1.807, 2.05) is 0 Å². The van der Waals surface area contributed by atoms with E-state index in [1.54, 1.807) is 0 Å². The molecule has 5 heteroatoms. The van der Waals surface area contributed by atoms with Gasteiger partial charge in [-0.15, -0.1) is 0 Å². The number of hydrogen-bond acceptors (Lipinski definition) is 3. The van der Waals surface area contributed by atoms with E-state index in [1.165, 1.54) is 12.1 Å². The number of carboxylic acid groups (broad SMARTS) is 1. The van der Waals surface area contributed by atoms with Crippen LogP contribution in [0.3, 0.4) is 0 Å². The highest BCUT2D eigenvalue weighted by Crippen LogP contribution is 2.34. The summed E-state index contributed by atoms with van der Waals surface area (Å²) in [5.41, 5.74) is 6.01. The number of rotatable bonds is 3. The monoisotopic (exact) mass is 241 g/mol. The fraction of sp³-hybridized carbons (Fsp3) is 0.364. The molecule has 0 radical (unpaired) electrons. The minimum absolute atomic E-state index is 0.0249. The maximum absolute atomic E-state index is 11.0. The van der Waals surface area contributed by atoms with E-state index >= 15 is 0 Å². The van der Waals surface area contributed by atoms with Gasteiger partial charge in [0, 0.05) is 5.02 Å². The third-order valence-electron chi connectivity index (χ3n) is 2.65. The zero-order valence-electron chi connectivity index (χ0n) is 8.57. The fourth-order valence-electron chi connectivity index (χ4n) is 1.56. The van der Waals surface area contributed by atoms with Crippen molar-refractivity contribution in [1.82, 2.24) is 0 Å². The van der Waals surface area contributed by atoms with Crippen molar-refractivity contribution in [3.63, 3.8) is 0 Å². The van der Waals surface area contributed by atoms with Crippen molar-refractivity contribution in [2.45, 2.75) is 25.4 Å². The number of nitrogen functional groups attached to an aromatic ring is 1. The summed E-state index contributed by atoms with van der Waals surface area (Å²) in [6.45, 7) is 0. The number of anilines is 1. The molecule has 1 fully saturated rings. The zero-order chi connectivity index (χ0) is 11.7. The number of aromatic carboxylic acids is 1. The topological polar surface area (TPSA) is 72.6 Å². The van der Waals surface area contributed by atoms with Crippen LogP contribution in [0.25, 0.3) is 0 Å². The minimum atomic E-state index is -1.08. The minimum Gasteiger partial charge on any atom is -0.487 e. The Kier molecular flexibility index (Phi) is 2.92. The first-order valence-corrected chi connectivity index (χ1v) is 5.44. The van der Waals surface area contributed by atoms with Crippen molar-refractivity contribution >= 4 is 23.3 Å². The van der Waals surface area contributed by atoms with Gasteiger partial charge in [0.1, 0.15) is 5.56 Å². The lowest BCUT2D eigenvalue weighted by atomic mass is 9.96. The molecule has 2 rings (SSSR count). The maximum Gasteiger partial charge on any atom is 0.339 e. The van der Waals surface area contributed by atoms with Gasteiger partial charge in [-0.25, -0.2) is 4.79 Å². The molecule has 1 saturated carbocycles. The van der Waals surface area contributed by atoms with Gasteiger partial charge in [0.05, 0.1) is 11.8 Å². The van der Waals surface area contributed by atoms with Crippen molar-refractivity contribution in [3.05, 3.63) is 22.7 Å². The largest absolute Gasteiger partial charge is 0.487 e. The molecule has 1 aromatic rings. The van der Waals surface area contributed by atoms with Crippen molar-refractivity contribution in [3.8, 4) is 5.75 Å². The molecular formula is C11H12ClNO3. The Hall–Kier alpha value is -1.42. The number of hydrogen-bond donors (Lipinski definition) is 2. The van der Waals surface area contributed by atoms with Gasteiger partial charge in [-0.05, 0) is 31.4 Å². The highest BCUT2D eigenvalue weighted by Gasteiger charge is 2.24. The molecule has 86 valence electrons. The lowest BCUT2D eigenvalue weighted by Gasteiger charge is -2.27. The Morgan fingerprint density at radius 2 is 2.19 bits per heavy atom. The molecule has 1 aliphatic rings. The first kappa shape index (κ1) is 11.1. The molecule has 1 aliphatic carbocycles. The van der Waals surface area contributed by atoms with E-state index in [0.717, 1.165) is 19.3 Å². The number of ether oxygens (including phenoxy) is 1. The van der Waals surface area contributed by atoms with Crippen LogP contribution in [0.5, 0.6) is 5.75 Å².